The van der Waals surface area contributed by atoms with Crippen molar-refractivity contribution in [2.24, 2.45) is 5.92 Å². The number of nitrogens with zero attached hydrogens (tertiary/aromatic N) is 2. The number of hydrogen-bond acceptors (Lipinski definition) is 2. The molecule has 1 aromatic carbocycles. The van der Waals surface area contributed by atoms with Gasteiger partial charge in [0.1, 0.15) is 0 Å². The minimum atomic E-state index is 0.623. The lowest BCUT2D eigenvalue weighted by atomic mass is 9.79. The van der Waals surface area contributed by atoms with E-state index < -0.39 is 0 Å². The first-order valence-corrected chi connectivity index (χ1v) is 7.77. The highest BCUT2D eigenvalue weighted by Gasteiger charge is 2.33. The van der Waals surface area contributed by atoms with E-state index in [0.717, 1.165) is 11.9 Å². The fourth-order valence-corrected chi connectivity index (χ4v) is 3.85. The summed E-state index contributed by atoms with van der Waals surface area (Å²) in [6.45, 7) is 5.14. The molecule has 0 spiro atoms. The molecule has 2 atom stereocenters. The second kappa shape index (κ2) is 5.03. The first kappa shape index (κ1) is 12.6. The van der Waals surface area contributed by atoms with Crippen LogP contribution in [0.5, 0.6) is 0 Å². The smallest absolute Gasteiger partial charge is 0.0704 e. The Hall–Kier alpha value is -2.09. The zero-order valence-electron chi connectivity index (χ0n) is 12.2. The van der Waals surface area contributed by atoms with Crippen molar-refractivity contribution in [3.63, 3.8) is 0 Å². The summed E-state index contributed by atoms with van der Waals surface area (Å²) in [5, 5.41) is 1.30. The number of pyridine rings is 1. The lowest BCUT2D eigenvalue weighted by molar-refractivity contribution is 0.153. The number of fused-ring (bicyclic) bond motifs is 3. The van der Waals surface area contributed by atoms with E-state index in [9.17, 15) is 0 Å². The highest BCUT2D eigenvalue weighted by Crippen LogP contribution is 2.37. The summed E-state index contributed by atoms with van der Waals surface area (Å²) in [7, 11) is 0. The van der Waals surface area contributed by atoms with Gasteiger partial charge in [-0.3, -0.25) is 4.98 Å². The van der Waals surface area contributed by atoms with Gasteiger partial charge in [-0.15, -0.1) is 0 Å². The number of para-hydroxylation sites is 1. The van der Waals surface area contributed by atoms with Crippen molar-refractivity contribution < 1.29 is 0 Å². The molecule has 2 bridgehead atoms. The average Bonchev–Trinajstić information content (AvgIpc) is 2.56. The molecule has 0 radical (unpaired) electrons. The molecule has 2 aromatic rings. The molecule has 3 aliphatic heterocycles. The molecule has 0 amide bonds. The second-order valence-corrected chi connectivity index (χ2v) is 6.14. The molecular weight excluding hydrogens is 256 g/mol. The monoisotopic (exact) mass is 276 g/mol. The molecule has 2 nitrogen and oxygen atoms in total. The Bertz CT molecular complexity index is 711. The Kier molecular flexibility index (Phi) is 3.03. The predicted molar refractivity (Wildman–Crippen MR) is 86.9 cm³/mol. The van der Waals surface area contributed by atoms with Crippen LogP contribution in [0.4, 0.5) is 0 Å². The maximum Gasteiger partial charge on any atom is 0.0704 e. The van der Waals surface area contributed by atoms with Crippen LogP contribution < -0.4 is 0 Å². The van der Waals surface area contributed by atoms with Crippen LogP contribution in [0.2, 0.25) is 0 Å². The van der Waals surface area contributed by atoms with Crippen LogP contribution in [0, 0.1) is 5.92 Å². The van der Waals surface area contributed by atoms with E-state index in [0.29, 0.717) is 12.0 Å². The molecular formula is C19H20N2. The number of piperidine rings is 1. The van der Waals surface area contributed by atoms with Crippen LogP contribution in [0.1, 0.15) is 18.4 Å². The lowest BCUT2D eigenvalue weighted by Crippen LogP contribution is -2.44. The van der Waals surface area contributed by atoms with Crippen molar-refractivity contribution in [3.05, 3.63) is 66.5 Å². The third kappa shape index (κ3) is 2.15. The Labute approximate surface area is 125 Å². The maximum absolute atomic E-state index is 4.47. The molecule has 21 heavy (non-hydrogen) atoms. The Balaban J connectivity index is 1.65. The minimum absolute atomic E-state index is 0.623. The molecule has 0 N–H and O–H groups in total. The molecule has 1 saturated heterocycles. The molecule has 1 fully saturated rings. The van der Waals surface area contributed by atoms with Gasteiger partial charge in [-0.05, 0) is 48.4 Å². The topological polar surface area (TPSA) is 16.1 Å². The first-order chi connectivity index (χ1) is 10.3. The van der Waals surface area contributed by atoms with Crippen molar-refractivity contribution in [3.8, 4) is 0 Å². The highest BCUT2D eigenvalue weighted by atomic mass is 15.2. The Morgan fingerprint density at radius 2 is 2.19 bits per heavy atom. The van der Waals surface area contributed by atoms with Gasteiger partial charge in [0.25, 0.3) is 0 Å². The zero-order chi connectivity index (χ0) is 14.2. The Morgan fingerprint density at radius 3 is 3.00 bits per heavy atom. The van der Waals surface area contributed by atoms with Crippen LogP contribution in [-0.2, 0) is 6.42 Å². The fourth-order valence-electron chi connectivity index (χ4n) is 3.85. The van der Waals surface area contributed by atoms with Gasteiger partial charge in [-0.2, -0.15) is 0 Å². The predicted octanol–water partition coefficient (Wildman–Crippen LogP) is 3.94. The van der Waals surface area contributed by atoms with Crippen molar-refractivity contribution in [2.45, 2.75) is 25.3 Å². The molecule has 3 aliphatic rings. The number of benzene rings is 1. The van der Waals surface area contributed by atoms with E-state index in [1.807, 2.05) is 12.3 Å². The third-order valence-corrected chi connectivity index (χ3v) is 4.98. The van der Waals surface area contributed by atoms with Gasteiger partial charge in [-0.1, -0.05) is 30.9 Å². The molecule has 5 rings (SSSR count). The van der Waals surface area contributed by atoms with Gasteiger partial charge in [-0.25, -0.2) is 0 Å². The average molecular weight is 276 g/mol. The number of rotatable bonds is 3. The number of allylic oxidation sites excluding steroid dienone is 2. The van der Waals surface area contributed by atoms with Gasteiger partial charge >= 0.3 is 0 Å². The summed E-state index contributed by atoms with van der Waals surface area (Å²) in [6, 6.07) is 11.3. The third-order valence-electron chi connectivity index (χ3n) is 4.98. The largest absolute Gasteiger partial charge is 0.374 e. The van der Waals surface area contributed by atoms with E-state index in [-0.39, 0.29) is 0 Å². The normalized spacial score (nSPS) is 24.2. The summed E-state index contributed by atoms with van der Waals surface area (Å²) in [5.41, 5.74) is 3.96. The van der Waals surface area contributed by atoms with Crippen LogP contribution in [-0.4, -0.2) is 22.5 Å². The van der Waals surface area contributed by atoms with E-state index >= 15 is 0 Å². The van der Waals surface area contributed by atoms with Crippen LogP contribution in [0.25, 0.3) is 10.9 Å². The summed E-state index contributed by atoms with van der Waals surface area (Å²) < 4.78 is 0. The van der Waals surface area contributed by atoms with Crippen molar-refractivity contribution in [1.29, 1.82) is 0 Å². The molecule has 4 heterocycles. The Morgan fingerprint density at radius 1 is 1.29 bits per heavy atom. The van der Waals surface area contributed by atoms with E-state index in [1.165, 1.54) is 35.9 Å². The summed E-state index contributed by atoms with van der Waals surface area (Å²) >= 11 is 0. The number of aromatic nitrogens is 1. The van der Waals surface area contributed by atoms with Crippen LogP contribution in [0.3, 0.4) is 0 Å². The van der Waals surface area contributed by atoms with Crippen LogP contribution in [0.15, 0.2) is 61.0 Å². The van der Waals surface area contributed by atoms with Crippen LogP contribution >= 0.6 is 0 Å². The summed E-state index contributed by atoms with van der Waals surface area (Å²) in [6.07, 6.45) is 9.97. The maximum atomic E-state index is 4.47. The van der Waals surface area contributed by atoms with E-state index in [1.54, 1.807) is 0 Å². The van der Waals surface area contributed by atoms with Crippen molar-refractivity contribution in [1.82, 2.24) is 9.88 Å². The molecule has 0 aliphatic carbocycles. The molecule has 0 saturated carbocycles. The van der Waals surface area contributed by atoms with Gasteiger partial charge in [0.15, 0.2) is 0 Å². The lowest BCUT2D eigenvalue weighted by Gasteiger charge is -2.45. The SMILES string of the molecule is C=CC1=CN2CC[C@H]1C[C@H]2Cc1ccnc2ccccc12. The summed E-state index contributed by atoms with van der Waals surface area (Å²) in [4.78, 5) is 6.99. The quantitative estimate of drug-likeness (QED) is 0.844. The first-order valence-electron chi connectivity index (χ1n) is 7.77. The van der Waals surface area contributed by atoms with E-state index in [2.05, 4.69) is 53.0 Å². The van der Waals surface area contributed by atoms with Gasteiger partial charge in [0, 0.05) is 30.4 Å². The zero-order valence-corrected chi connectivity index (χ0v) is 12.2. The van der Waals surface area contributed by atoms with Gasteiger partial charge in [0.05, 0.1) is 5.52 Å². The van der Waals surface area contributed by atoms with Crippen molar-refractivity contribution in [2.75, 3.05) is 6.54 Å². The van der Waals surface area contributed by atoms with Crippen molar-refractivity contribution >= 4 is 10.9 Å². The highest BCUT2D eigenvalue weighted by molar-refractivity contribution is 5.81. The minimum Gasteiger partial charge on any atom is -0.374 e. The van der Waals surface area contributed by atoms with Gasteiger partial charge in [0.2, 0.25) is 0 Å². The molecule has 0 unspecified atom stereocenters. The second-order valence-electron chi connectivity index (χ2n) is 6.14. The molecule has 106 valence electrons. The molecule has 2 heteroatoms. The summed E-state index contributed by atoms with van der Waals surface area (Å²) in [5.74, 6) is 0.714. The van der Waals surface area contributed by atoms with E-state index in [4.69, 9.17) is 0 Å². The molecule has 1 aromatic heterocycles. The standard InChI is InChI=1S/C19H20N2/c1-2-14-13-21-10-8-15(14)11-17(21)12-16-7-9-20-19-6-4-3-5-18(16)19/h2-7,9,13,15,17H,1,8,10-12H2/t15-,17-/m0/s1. The number of hydrogen-bond donors (Lipinski definition) is 0. The van der Waals surface area contributed by atoms with Gasteiger partial charge < -0.3 is 4.90 Å². The fraction of sp³-hybridized carbons (Fsp3) is 0.316.